The van der Waals surface area contributed by atoms with E-state index in [0.717, 1.165) is 5.39 Å². The molecular weight excluding hydrogens is 353 g/mol. The van der Waals surface area contributed by atoms with Gasteiger partial charge in [-0.3, -0.25) is 0 Å². The van der Waals surface area contributed by atoms with Gasteiger partial charge in [0.1, 0.15) is 5.82 Å². The van der Waals surface area contributed by atoms with Gasteiger partial charge in [-0.2, -0.15) is 0 Å². The largest absolute Gasteiger partial charge is 0.481 e. The number of ether oxygens (including phenoxy) is 1. The first-order valence-electron chi connectivity index (χ1n) is 8.97. The monoisotopic (exact) mass is 377 g/mol. The summed E-state index contributed by atoms with van der Waals surface area (Å²) in [6.07, 6.45) is 0.364. The third kappa shape index (κ3) is 4.45. The van der Waals surface area contributed by atoms with Gasteiger partial charge in [-0.15, -0.1) is 0 Å². The van der Waals surface area contributed by atoms with Gasteiger partial charge in [0.05, 0.1) is 19.2 Å². The molecule has 146 valence electrons. The number of likely N-dealkylation sites (tertiary alicyclic amines) is 1. The second-order valence-electron chi connectivity index (χ2n) is 6.79. The van der Waals surface area contributed by atoms with Gasteiger partial charge in [0.2, 0.25) is 5.88 Å². The van der Waals surface area contributed by atoms with Crippen molar-refractivity contribution >= 4 is 17.0 Å². The summed E-state index contributed by atoms with van der Waals surface area (Å²) in [4.78, 5) is 17.3. The molecule has 1 aliphatic rings. The van der Waals surface area contributed by atoms with Crippen LogP contribution < -0.4 is 10.1 Å². The Hall–Kier alpha value is -2.45. The molecule has 0 bridgehead atoms. The first-order valence-corrected chi connectivity index (χ1v) is 8.97. The Balaban J connectivity index is 1.80. The highest BCUT2D eigenvalue weighted by molar-refractivity contribution is 5.83. The molecule has 0 spiro atoms. The van der Waals surface area contributed by atoms with Crippen molar-refractivity contribution in [3.8, 4) is 5.88 Å². The zero-order valence-electron chi connectivity index (χ0n) is 15.2. The Morgan fingerprint density at radius 2 is 2.07 bits per heavy atom. The fraction of sp³-hybridized carbons (Fsp3) is 0.474. The molecule has 27 heavy (non-hydrogen) atoms. The number of rotatable bonds is 6. The minimum atomic E-state index is -1.01. The Morgan fingerprint density at radius 1 is 1.37 bits per heavy atom. The minimum absolute atomic E-state index is 0.0634. The number of hydrogen-bond acceptors (Lipinski definition) is 5. The number of carboxylic acid groups (broad SMARTS) is 1. The number of pyridine rings is 1. The quantitative estimate of drug-likeness (QED) is 0.714. The number of methoxy groups -OCH3 is 1. The van der Waals surface area contributed by atoms with Crippen molar-refractivity contribution in [2.45, 2.75) is 24.8 Å². The number of nitrogens with zero attached hydrogens (tertiary/aromatic N) is 2. The number of amides is 1. The van der Waals surface area contributed by atoms with E-state index in [1.54, 1.807) is 12.1 Å². The van der Waals surface area contributed by atoms with Crippen LogP contribution >= 0.6 is 0 Å². The van der Waals surface area contributed by atoms with Crippen LogP contribution in [0.3, 0.4) is 0 Å². The number of hydrogen-bond donors (Lipinski definition) is 3. The van der Waals surface area contributed by atoms with Crippen LogP contribution in [0.2, 0.25) is 0 Å². The molecule has 1 aliphatic heterocycles. The van der Waals surface area contributed by atoms with Crippen LogP contribution in [0.1, 0.15) is 24.3 Å². The lowest BCUT2D eigenvalue weighted by molar-refractivity contribution is 0.152. The van der Waals surface area contributed by atoms with Crippen LogP contribution in [0.4, 0.5) is 9.18 Å². The summed E-state index contributed by atoms with van der Waals surface area (Å²) >= 11 is 0. The standard InChI is InChI=1S/C19H24FN3O4/c1-27-16-5-3-12-2-4-15(20)17(18(12)22-16)13(11-24)10-23-8-6-14(7-9-23)21-19(25)26/h2-5,13-14,21,24H,6-11H2,1H3,(H,25,26). The van der Waals surface area contributed by atoms with E-state index in [2.05, 4.69) is 15.2 Å². The fourth-order valence-corrected chi connectivity index (χ4v) is 3.66. The summed E-state index contributed by atoms with van der Waals surface area (Å²) < 4.78 is 19.8. The molecule has 3 rings (SSSR count). The van der Waals surface area contributed by atoms with Crippen molar-refractivity contribution < 1.29 is 24.1 Å². The van der Waals surface area contributed by atoms with E-state index in [1.165, 1.54) is 13.2 Å². The van der Waals surface area contributed by atoms with E-state index in [-0.39, 0.29) is 12.6 Å². The second-order valence-corrected chi connectivity index (χ2v) is 6.79. The first-order chi connectivity index (χ1) is 13.0. The van der Waals surface area contributed by atoms with Gasteiger partial charge < -0.3 is 25.2 Å². The van der Waals surface area contributed by atoms with Crippen molar-refractivity contribution in [2.24, 2.45) is 0 Å². The summed E-state index contributed by atoms with van der Waals surface area (Å²) in [5, 5.41) is 22.1. The molecule has 2 aromatic rings. The van der Waals surface area contributed by atoms with E-state index >= 15 is 0 Å². The SMILES string of the molecule is COc1ccc2ccc(F)c(C(CO)CN3CCC(NC(=O)O)CC3)c2n1. The van der Waals surface area contributed by atoms with Gasteiger partial charge in [0.25, 0.3) is 0 Å². The molecule has 1 amide bonds. The predicted molar refractivity (Wildman–Crippen MR) is 98.7 cm³/mol. The summed E-state index contributed by atoms with van der Waals surface area (Å²) in [5.41, 5.74) is 0.885. The van der Waals surface area contributed by atoms with E-state index in [1.807, 2.05) is 6.07 Å². The third-order valence-corrected chi connectivity index (χ3v) is 5.05. The number of halogens is 1. The number of carbonyl (C=O) groups is 1. The van der Waals surface area contributed by atoms with E-state index in [4.69, 9.17) is 9.84 Å². The van der Waals surface area contributed by atoms with Crippen LogP contribution in [0.15, 0.2) is 24.3 Å². The summed E-state index contributed by atoms with van der Waals surface area (Å²) in [5.74, 6) is -0.436. The van der Waals surface area contributed by atoms with Crippen LogP contribution in [0.25, 0.3) is 10.9 Å². The normalized spacial score (nSPS) is 17.0. The van der Waals surface area contributed by atoms with Crippen LogP contribution in [-0.2, 0) is 0 Å². The molecule has 1 aromatic carbocycles. The molecule has 0 saturated carbocycles. The molecule has 1 atom stereocenters. The maximum absolute atomic E-state index is 14.7. The van der Waals surface area contributed by atoms with Crippen LogP contribution in [0, 0.1) is 5.82 Å². The number of aromatic nitrogens is 1. The zero-order valence-corrected chi connectivity index (χ0v) is 15.2. The van der Waals surface area contributed by atoms with Crippen molar-refractivity contribution in [1.29, 1.82) is 0 Å². The molecule has 7 nitrogen and oxygen atoms in total. The van der Waals surface area contributed by atoms with Crippen molar-refractivity contribution in [3.05, 3.63) is 35.6 Å². The van der Waals surface area contributed by atoms with Gasteiger partial charge in [0, 0.05) is 48.6 Å². The van der Waals surface area contributed by atoms with Crippen LogP contribution in [0.5, 0.6) is 5.88 Å². The molecular formula is C19H24FN3O4. The molecule has 1 saturated heterocycles. The smallest absolute Gasteiger partial charge is 0.404 e. The lowest BCUT2D eigenvalue weighted by atomic mass is 9.94. The summed E-state index contributed by atoms with van der Waals surface area (Å²) in [6, 6.07) is 6.54. The van der Waals surface area contributed by atoms with Crippen molar-refractivity contribution in [2.75, 3.05) is 33.4 Å². The van der Waals surface area contributed by atoms with Gasteiger partial charge in [-0.05, 0) is 31.0 Å². The van der Waals surface area contributed by atoms with Gasteiger partial charge in [-0.25, -0.2) is 14.2 Å². The number of nitrogens with one attached hydrogen (secondary N) is 1. The molecule has 2 heterocycles. The summed E-state index contributed by atoms with van der Waals surface area (Å²) in [6.45, 7) is 1.64. The average molecular weight is 377 g/mol. The molecule has 1 fully saturated rings. The topological polar surface area (TPSA) is 94.9 Å². The number of fused-ring (bicyclic) bond motifs is 1. The molecule has 0 radical (unpaired) electrons. The predicted octanol–water partition coefficient (Wildman–Crippen LogP) is 2.19. The van der Waals surface area contributed by atoms with Gasteiger partial charge >= 0.3 is 6.09 Å². The summed E-state index contributed by atoms with van der Waals surface area (Å²) in [7, 11) is 1.51. The first kappa shape index (κ1) is 19.3. The molecule has 0 aliphatic carbocycles. The molecule has 8 heteroatoms. The molecule has 1 unspecified atom stereocenters. The maximum Gasteiger partial charge on any atom is 0.404 e. The molecule has 1 aromatic heterocycles. The third-order valence-electron chi connectivity index (χ3n) is 5.05. The number of aliphatic hydroxyl groups is 1. The molecule has 3 N–H and O–H groups in total. The lowest BCUT2D eigenvalue weighted by Gasteiger charge is -2.34. The van der Waals surface area contributed by atoms with Gasteiger partial charge in [0.15, 0.2) is 0 Å². The highest BCUT2D eigenvalue weighted by Crippen LogP contribution is 2.30. The zero-order chi connectivity index (χ0) is 19.4. The number of piperidine rings is 1. The van der Waals surface area contributed by atoms with Crippen molar-refractivity contribution in [1.82, 2.24) is 15.2 Å². The number of aliphatic hydroxyl groups excluding tert-OH is 1. The maximum atomic E-state index is 14.7. The van der Waals surface area contributed by atoms with Crippen molar-refractivity contribution in [3.63, 3.8) is 0 Å². The Labute approximate surface area is 156 Å². The van der Waals surface area contributed by atoms with Gasteiger partial charge in [-0.1, -0.05) is 0 Å². The van der Waals surface area contributed by atoms with E-state index < -0.39 is 17.8 Å². The Kier molecular flexibility index (Phi) is 6.08. The highest BCUT2D eigenvalue weighted by Gasteiger charge is 2.26. The Morgan fingerprint density at radius 3 is 2.70 bits per heavy atom. The second kappa shape index (κ2) is 8.49. The Bertz CT molecular complexity index is 809. The number of benzene rings is 1. The van der Waals surface area contributed by atoms with E-state index in [0.29, 0.717) is 49.4 Å². The lowest BCUT2D eigenvalue weighted by Crippen LogP contribution is -2.45. The fourth-order valence-electron chi connectivity index (χ4n) is 3.66. The van der Waals surface area contributed by atoms with E-state index in [9.17, 15) is 14.3 Å². The minimum Gasteiger partial charge on any atom is -0.481 e. The average Bonchev–Trinajstić information content (AvgIpc) is 2.67. The highest BCUT2D eigenvalue weighted by atomic mass is 19.1. The van der Waals surface area contributed by atoms with Crippen LogP contribution in [-0.4, -0.2) is 65.6 Å².